The number of hydrogen-bond donors (Lipinski definition) is 4. The van der Waals surface area contributed by atoms with E-state index in [1.54, 1.807) is 48.5 Å². The molecule has 0 saturated heterocycles. The first-order valence-electron chi connectivity index (χ1n) is 12.8. The summed E-state index contributed by atoms with van der Waals surface area (Å²) in [5.74, 6) is -0.632. The summed E-state index contributed by atoms with van der Waals surface area (Å²) in [6.45, 7) is 3.88. The molecule has 0 aliphatic heterocycles. The topological polar surface area (TPSA) is 99.3 Å². The minimum absolute atomic E-state index is 0.0162. The van der Waals surface area contributed by atoms with E-state index in [1.807, 2.05) is 74.5 Å². The molecule has 0 saturated carbocycles. The lowest BCUT2D eigenvalue weighted by Gasteiger charge is -2.15. The SMILES string of the molecule is CC(NC(=O)c1ccc(NC(=O)CNc2cccc(C(=O)NC(C)c3ccccc3)c2)cc1)c1ccccc1. The van der Waals surface area contributed by atoms with Crippen molar-refractivity contribution < 1.29 is 14.4 Å². The molecule has 4 aromatic carbocycles. The fraction of sp³-hybridized carbons (Fsp3) is 0.156. The Kier molecular flexibility index (Phi) is 9.08. The standard InChI is InChI=1S/C32H32N4O3/c1-22(24-10-5-3-6-11-24)34-31(38)26-16-18-28(19-17-26)36-30(37)21-33-29-15-9-14-27(20-29)32(39)35-23(2)25-12-7-4-8-13-25/h3-20,22-23,33H,21H2,1-2H3,(H,34,38)(H,35,39)(H,36,37). The van der Waals surface area contributed by atoms with Crippen LogP contribution in [0.4, 0.5) is 11.4 Å². The van der Waals surface area contributed by atoms with E-state index in [0.717, 1.165) is 11.1 Å². The molecule has 0 aliphatic carbocycles. The van der Waals surface area contributed by atoms with Crippen LogP contribution in [0, 0.1) is 0 Å². The second-order valence-corrected chi connectivity index (χ2v) is 9.27. The van der Waals surface area contributed by atoms with E-state index in [9.17, 15) is 14.4 Å². The van der Waals surface area contributed by atoms with Crippen molar-refractivity contribution in [3.63, 3.8) is 0 Å². The van der Waals surface area contributed by atoms with Gasteiger partial charge in [-0.3, -0.25) is 14.4 Å². The Bertz CT molecular complexity index is 1410. The Morgan fingerprint density at radius 2 is 1.13 bits per heavy atom. The number of benzene rings is 4. The summed E-state index contributed by atoms with van der Waals surface area (Å²) in [7, 11) is 0. The van der Waals surface area contributed by atoms with Crippen LogP contribution >= 0.6 is 0 Å². The van der Waals surface area contributed by atoms with E-state index >= 15 is 0 Å². The van der Waals surface area contributed by atoms with Crippen molar-refractivity contribution in [3.8, 4) is 0 Å². The Morgan fingerprint density at radius 1 is 0.590 bits per heavy atom. The summed E-state index contributed by atoms with van der Waals surface area (Å²) in [5, 5.41) is 11.8. The van der Waals surface area contributed by atoms with Crippen LogP contribution in [0.3, 0.4) is 0 Å². The summed E-state index contributed by atoms with van der Waals surface area (Å²) in [5.41, 5.74) is 4.29. The number of anilines is 2. The lowest BCUT2D eigenvalue weighted by molar-refractivity contribution is -0.114. The third kappa shape index (κ3) is 7.79. The van der Waals surface area contributed by atoms with Gasteiger partial charge in [0.25, 0.3) is 11.8 Å². The highest BCUT2D eigenvalue weighted by atomic mass is 16.2. The van der Waals surface area contributed by atoms with Gasteiger partial charge < -0.3 is 21.3 Å². The van der Waals surface area contributed by atoms with Crippen molar-refractivity contribution in [2.24, 2.45) is 0 Å². The number of carbonyl (C=O) groups excluding carboxylic acids is 3. The number of amides is 3. The van der Waals surface area contributed by atoms with Crippen molar-refractivity contribution in [2.75, 3.05) is 17.2 Å². The van der Waals surface area contributed by atoms with Gasteiger partial charge in [-0.25, -0.2) is 0 Å². The van der Waals surface area contributed by atoms with Gasteiger partial charge in [0.2, 0.25) is 5.91 Å². The van der Waals surface area contributed by atoms with Gasteiger partial charge in [0.15, 0.2) is 0 Å². The first kappa shape index (κ1) is 27.1. The van der Waals surface area contributed by atoms with Crippen molar-refractivity contribution >= 4 is 29.1 Å². The zero-order valence-electron chi connectivity index (χ0n) is 22.0. The van der Waals surface area contributed by atoms with Gasteiger partial charge in [-0.2, -0.15) is 0 Å². The molecule has 39 heavy (non-hydrogen) atoms. The monoisotopic (exact) mass is 520 g/mol. The fourth-order valence-corrected chi connectivity index (χ4v) is 4.07. The summed E-state index contributed by atoms with van der Waals surface area (Å²) in [6, 6.07) is 33.0. The van der Waals surface area contributed by atoms with Crippen LogP contribution in [0.15, 0.2) is 109 Å². The lowest BCUT2D eigenvalue weighted by atomic mass is 10.1. The van der Waals surface area contributed by atoms with Gasteiger partial charge in [-0.1, -0.05) is 66.7 Å². The Balaban J connectivity index is 1.26. The van der Waals surface area contributed by atoms with Crippen molar-refractivity contribution in [1.82, 2.24) is 10.6 Å². The third-order valence-electron chi connectivity index (χ3n) is 6.30. The molecule has 4 aromatic rings. The van der Waals surface area contributed by atoms with E-state index in [-0.39, 0.29) is 36.3 Å². The Labute approximate surface area is 228 Å². The molecule has 3 amide bonds. The van der Waals surface area contributed by atoms with Crippen LogP contribution < -0.4 is 21.3 Å². The molecule has 2 atom stereocenters. The maximum atomic E-state index is 12.7. The molecule has 0 spiro atoms. The first-order chi connectivity index (χ1) is 18.9. The molecule has 198 valence electrons. The molecule has 0 radical (unpaired) electrons. The summed E-state index contributed by atoms with van der Waals surface area (Å²) in [6.07, 6.45) is 0. The van der Waals surface area contributed by atoms with Crippen LogP contribution in [-0.2, 0) is 4.79 Å². The van der Waals surface area contributed by atoms with Gasteiger partial charge in [0, 0.05) is 22.5 Å². The largest absolute Gasteiger partial charge is 0.376 e. The molecule has 7 heteroatoms. The number of hydrogen-bond acceptors (Lipinski definition) is 4. The Morgan fingerprint density at radius 3 is 1.69 bits per heavy atom. The highest BCUT2D eigenvalue weighted by Crippen LogP contribution is 2.16. The predicted molar refractivity (Wildman–Crippen MR) is 155 cm³/mol. The summed E-state index contributed by atoms with van der Waals surface area (Å²) < 4.78 is 0. The fourth-order valence-electron chi connectivity index (χ4n) is 4.07. The Hall–Kier alpha value is -4.91. The predicted octanol–water partition coefficient (Wildman–Crippen LogP) is 5.72. The molecule has 4 N–H and O–H groups in total. The third-order valence-corrected chi connectivity index (χ3v) is 6.30. The summed E-state index contributed by atoms with van der Waals surface area (Å²) >= 11 is 0. The summed E-state index contributed by atoms with van der Waals surface area (Å²) in [4.78, 5) is 37.8. The number of carbonyl (C=O) groups is 3. The first-order valence-corrected chi connectivity index (χ1v) is 12.8. The average molecular weight is 521 g/mol. The second kappa shape index (κ2) is 13.1. The molecule has 0 bridgehead atoms. The molecule has 7 nitrogen and oxygen atoms in total. The van der Waals surface area contributed by atoms with Gasteiger partial charge >= 0.3 is 0 Å². The van der Waals surface area contributed by atoms with Crippen LogP contribution in [0.2, 0.25) is 0 Å². The van der Waals surface area contributed by atoms with Gasteiger partial charge in [-0.05, 0) is 67.4 Å². The van der Waals surface area contributed by atoms with Gasteiger partial charge in [0.1, 0.15) is 0 Å². The molecule has 0 heterocycles. The molecule has 2 unspecified atom stereocenters. The van der Waals surface area contributed by atoms with Crippen LogP contribution in [0.1, 0.15) is 57.8 Å². The lowest BCUT2D eigenvalue weighted by Crippen LogP contribution is -2.27. The second-order valence-electron chi connectivity index (χ2n) is 9.27. The molecular formula is C32H32N4O3. The maximum absolute atomic E-state index is 12.7. The van der Waals surface area contributed by atoms with Crippen molar-refractivity contribution in [2.45, 2.75) is 25.9 Å². The van der Waals surface area contributed by atoms with Crippen molar-refractivity contribution in [1.29, 1.82) is 0 Å². The van der Waals surface area contributed by atoms with Crippen LogP contribution in [0.5, 0.6) is 0 Å². The van der Waals surface area contributed by atoms with E-state index in [4.69, 9.17) is 0 Å². The van der Waals surface area contributed by atoms with Gasteiger partial charge in [-0.15, -0.1) is 0 Å². The van der Waals surface area contributed by atoms with E-state index in [0.29, 0.717) is 22.5 Å². The van der Waals surface area contributed by atoms with Crippen molar-refractivity contribution in [3.05, 3.63) is 131 Å². The molecular weight excluding hydrogens is 488 g/mol. The molecule has 0 aromatic heterocycles. The van der Waals surface area contributed by atoms with Crippen LogP contribution in [0.25, 0.3) is 0 Å². The van der Waals surface area contributed by atoms with Gasteiger partial charge in [0.05, 0.1) is 18.6 Å². The number of nitrogens with one attached hydrogen (secondary N) is 4. The van der Waals surface area contributed by atoms with E-state index in [1.165, 1.54) is 0 Å². The zero-order valence-corrected chi connectivity index (χ0v) is 22.0. The van der Waals surface area contributed by atoms with E-state index in [2.05, 4.69) is 21.3 Å². The molecule has 4 rings (SSSR count). The highest BCUT2D eigenvalue weighted by Gasteiger charge is 2.13. The van der Waals surface area contributed by atoms with E-state index < -0.39 is 0 Å². The quantitative estimate of drug-likeness (QED) is 0.215. The smallest absolute Gasteiger partial charge is 0.251 e. The maximum Gasteiger partial charge on any atom is 0.251 e. The van der Waals surface area contributed by atoms with Crippen LogP contribution in [-0.4, -0.2) is 24.3 Å². The number of rotatable bonds is 10. The average Bonchev–Trinajstić information content (AvgIpc) is 2.97. The molecule has 0 aliphatic rings. The minimum atomic E-state index is -0.252. The highest BCUT2D eigenvalue weighted by molar-refractivity contribution is 5.97. The minimum Gasteiger partial charge on any atom is -0.376 e. The zero-order chi connectivity index (χ0) is 27.6. The normalized spacial score (nSPS) is 12.1. The molecule has 0 fully saturated rings.